The van der Waals surface area contributed by atoms with Crippen LogP contribution >= 0.6 is 0 Å². The van der Waals surface area contributed by atoms with E-state index < -0.39 is 0 Å². The molecule has 0 radical (unpaired) electrons. The fourth-order valence-electron chi connectivity index (χ4n) is 2.77. The number of H-pyrrole nitrogens is 1. The molecule has 0 unspecified atom stereocenters. The van der Waals surface area contributed by atoms with Gasteiger partial charge in [-0.25, -0.2) is 4.98 Å². The Bertz CT molecular complexity index is 850. The van der Waals surface area contributed by atoms with E-state index in [0.717, 1.165) is 22.6 Å². The number of nitrogens with two attached hydrogens (primary N) is 1. The van der Waals surface area contributed by atoms with Crippen LogP contribution in [0, 0.1) is 0 Å². The third-order valence-corrected chi connectivity index (χ3v) is 4.20. The minimum Gasteiger partial charge on any atom is -0.377 e. The van der Waals surface area contributed by atoms with Crippen molar-refractivity contribution in [1.29, 1.82) is 0 Å². The summed E-state index contributed by atoms with van der Waals surface area (Å²) >= 11 is 0. The number of anilines is 2. The molecule has 1 saturated heterocycles. The number of nitrogens with zero attached hydrogens (tertiary/aromatic N) is 2. The van der Waals surface area contributed by atoms with E-state index in [1.54, 1.807) is 36.5 Å². The molecule has 136 valence electrons. The van der Waals surface area contributed by atoms with E-state index in [0.29, 0.717) is 19.6 Å². The molecule has 2 aromatic rings. The summed E-state index contributed by atoms with van der Waals surface area (Å²) in [6.45, 7) is 1.59. The van der Waals surface area contributed by atoms with E-state index >= 15 is 0 Å². The highest BCUT2D eigenvalue weighted by Gasteiger charge is 2.29. The second kappa shape index (κ2) is 7.83. The fraction of sp³-hybridized carbons (Fsp3) is 0.278. The number of aromatic nitrogens is 2. The number of aromatic amines is 1. The minimum absolute atomic E-state index is 0.0296. The van der Waals surface area contributed by atoms with Gasteiger partial charge in [0.05, 0.1) is 17.9 Å². The predicted octanol–water partition coefficient (Wildman–Crippen LogP) is 0.616. The van der Waals surface area contributed by atoms with Gasteiger partial charge in [-0.1, -0.05) is 6.08 Å². The Morgan fingerprint density at radius 1 is 1.46 bits per heavy atom. The van der Waals surface area contributed by atoms with Gasteiger partial charge in [0.15, 0.2) is 0 Å². The number of pyridine rings is 2. The van der Waals surface area contributed by atoms with Crippen LogP contribution in [0.2, 0.25) is 0 Å². The van der Waals surface area contributed by atoms with E-state index in [9.17, 15) is 9.59 Å². The van der Waals surface area contributed by atoms with Crippen molar-refractivity contribution in [3.05, 3.63) is 53.1 Å². The summed E-state index contributed by atoms with van der Waals surface area (Å²) in [5, 5.41) is 6.44. The Morgan fingerprint density at radius 2 is 2.27 bits per heavy atom. The number of rotatable bonds is 6. The predicted molar refractivity (Wildman–Crippen MR) is 102 cm³/mol. The minimum atomic E-state index is -0.148. The lowest BCUT2D eigenvalue weighted by molar-refractivity contribution is -0.129. The molecule has 8 nitrogen and oxygen atoms in total. The summed E-state index contributed by atoms with van der Waals surface area (Å²) in [4.78, 5) is 32.0. The summed E-state index contributed by atoms with van der Waals surface area (Å²) in [5.41, 5.74) is 7.87. The van der Waals surface area contributed by atoms with Crippen molar-refractivity contribution >= 4 is 17.4 Å². The lowest BCUT2D eigenvalue weighted by Gasteiger charge is -2.39. The SMILES string of the molecule is CNc1cc(-c2ccc(=O)[nH]c2)c(NC2CN(C(=O)/C=C/CN)C2)cn1. The van der Waals surface area contributed by atoms with Crippen LogP contribution in [-0.4, -0.2) is 53.5 Å². The highest BCUT2D eigenvalue weighted by molar-refractivity contribution is 5.88. The Hall–Kier alpha value is -3.13. The Labute approximate surface area is 151 Å². The molecule has 1 amide bonds. The van der Waals surface area contributed by atoms with E-state index in [-0.39, 0.29) is 17.5 Å². The maximum atomic E-state index is 11.9. The molecule has 0 atom stereocenters. The van der Waals surface area contributed by atoms with Crippen molar-refractivity contribution in [2.24, 2.45) is 5.73 Å². The highest BCUT2D eigenvalue weighted by atomic mass is 16.2. The molecular formula is C18H22N6O2. The zero-order valence-electron chi connectivity index (χ0n) is 14.5. The number of likely N-dealkylation sites (tertiary alicyclic amines) is 1. The smallest absolute Gasteiger partial charge is 0.247 e. The molecule has 3 rings (SSSR count). The van der Waals surface area contributed by atoms with Gasteiger partial charge in [0.2, 0.25) is 11.5 Å². The number of hydrogen-bond acceptors (Lipinski definition) is 6. The van der Waals surface area contributed by atoms with Crippen molar-refractivity contribution in [2.75, 3.05) is 37.3 Å². The van der Waals surface area contributed by atoms with Crippen LogP contribution < -0.4 is 21.9 Å². The summed E-state index contributed by atoms with van der Waals surface area (Å²) in [7, 11) is 1.80. The van der Waals surface area contributed by atoms with E-state index in [2.05, 4.69) is 20.6 Å². The van der Waals surface area contributed by atoms with Crippen LogP contribution in [0.3, 0.4) is 0 Å². The van der Waals surface area contributed by atoms with Gasteiger partial charge in [-0.05, 0) is 12.1 Å². The van der Waals surface area contributed by atoms with Crippen LogP contribution in [0.1, 0.15) is 0 Å². The monoisotopic (exact) mass is 354 g/mol. The second-order valence-corrected chi connectivity index (χ2v) is 6.03. The van der Waals surface area contributed by atoms with Gasteiger partial charge in [0.25, 0.3) is 0 Å². The molecule has 5 N–H and O–H groups in total. The van der Waals surface area contributed by atoms with Crippen molar-refractivity contribution in [1.82, 2.24) is 14.9 Å². The zero-order chi connectivity index (χ0) is 18.5. The van der Waals surface area contributed by atoms with Gasteiger partial charge in [-0.3, -0.25) is 9.59 Å². The van der Waals surface area contributed by atoms with Crippen LogP contribution in [0.25, 0.3) is 11.1 Å². The molecule has 1 aliphatic rings. The van der Waals surface area contributed by atoms with Crippen molar-refractivity contribution in [3.8, 4) is 11.1 Å². The van der Waals surface area contributed by atoms with Crippen LogP contribution in [0.15, 0.2) is 47.5 Å². The molecule has 2 aromatic heterocycles. The van der Waals surface area contributed by atoms with Gasteiger partial charge in [-0.2, -0.15) is 0 Å². The van der Waals surface area contributed by atoms with Gasteiger partial charge in [-0.15, -0.1) is 0 Å². The Kier molecular flexibility index (Phi) is 5.33. The normalized spacial score (nSPS) is 14.3. The van der Waals surface area contributed by atoms with Gasteiger partial charge >= 0.3 is 0 Å². The van der Waals surface area contributed by atoms with E-state index in [1.807, 2.05) is 6.07 Å². The molecule has 0 bridgehead atoms. The van der Waals surface area contributed by atoms with Gasteiger partial charge < -0.3 is 26.3 Å². The molecule has 1 fully saturated rings. The number of amides is 1. The maximum absolute atomic E-state index is 11.9. The summed E-state index contributed by atoms with van der Waals surface area (Å²) in [6.07, 6.45) is 6.59. The Balaban J connectivity index is 1.74. The average Bonchev–Trinajstić information content (AvgIpc) is 2.63. The van der Waals surface area contributed by atoms with E-state index in [4.69, 9.17) is 5.73 Å². The number of nitrogens with one attached hydrogen (secondary N) is 3. The third kappa shape index (κ3) is 3.92. The maximum Gasteiger partial charge on any atom is 0.247 e. The summed E-state index contributed by atoms with van der Waals surface area (Å²) < 4.78 is 0. The molecular weight excluding hydrogens is 332 g/mol. The van der Waals surface area contributed by atoms with Crippen molar-refractivity contribution < 1.29 is 4.79 Å². The number of hydrogen-bond donors (Lipinski definition) is 4. The van der Waals surface area contributed by atoms with Crippen LogP contribution in [0.5, 0.6) is 0 Å². The number of carbonyl (C=O) groups is 1. The lowest BCUT2D eigenvalue weighted by atomic mass is 10.0. The third-order valence-electron chi connectivity index (χ3n) is 4.20. The fourth-order valence-corrected chi connectivity index (χ4v) is 2.77. The lowest BCUT2D eigenvalue weighted by Crippen LogP contribution is -2.56. The number of carbonyl (C=O) groups excluding carboxylic acids is 1. The van der Waals surface area contributed by atoms with Gasteiger partial charge in [0.1, 0.15) is 5.82 Å². The first kappa shape index (κ1) is 17.7. The Morgan fingerprint density at radius 3 is 2.92 bits per heavy atom. The molecule has 8 heteroatoms. The van der Waals surface area contributed by atoms with Crippen LogP contribution in [0.4, 0.5) is 11.5 Å². The topological polar surface area (TPSA) is 116 Å². The molecule has 0 aromatic carbocycles. The molecule has 3 heterocycles. The summed E-state index contributed by atoms with van der Waals surface area (Å²) in [5.74, 6) is 0.701. The van der Waals surface area contributed by atoms with Crippen molar-refractivity contribution in [2.45, 2.75) is 6.04 Å². The molecule has 1 aliphatic heterocycles. The van der Waals surface area contributed by atoms with Crippen LogP contribution in [-0.2, 0) is 4.79 Å². The second-order valence-electron chi connectivity index (χ2n) is 6.03. The largest absolute Gasteiger partial charge is 0.377 e. The van der Waals surface area contributed by atoms with Crippen molar-refractivity contribution in [3.63, 3.8) is 0 Å². The van der Waals surface area contributed by atoms with Gasteiger partial charge in [0, 0.05) is 56.1 Å². The quantitative estimate of drug-likeness (QED) is 0.565. The highest BCUT2D eigenvalue weighted by Crippen LogP contribution is 2.30. The molecule has 0 saturated carbocycles. The molecule has 26 heavy (non-hydrogen) atoms. The first-order valence-electron chi connectivity index (χ1n) is 8.39. The average molecular weight is 354 g/mol. The molecule has 0 aliphatic carbocycles. The summed E-state index contributed by atoms with van der Waals surface area (Å²) in [6, 6.07) is 5.33. The first-order valence-corrected chi connectivity index (χ1v) is 8.39. The molecule has 0 spiro atoms. The van der Waals surface area contributed by atoms with E-state index in [1.165, 1.54) is 12.1 Å². The first-order chi connectivity index (χ1) is 12.6. The zero-order valence-corrected chi connectivity index (χ0v) is 14.5. The standard InChI is InChI=1S/C18H22N6O2/c1-20-16-7-14(12-4-5-17(25)22-8-12)15(9-21-16)23-13-10-24(11-13)18(26)3-2-6-19/h2-5,7-9,13,23H,6,10-11,19H2,1H3,(H,20,21)(H,22,25)/b3-2+.